The molecule has 5 atom stereocenters. The SMILES string of the molecule is CC/C=C\C/C=C\C/C=C\C/C=C\C/C=C\CCCCCCCC(=O)OCC(O)COP(=O)(O)OCC(O)COP(=O)(O)OCC(COC(=O)CCCCC/C=C\C/C=C\C/C=C\C/C=C\C/C=C\CC)OC(=O)CCCCCCC/C=C\C/C=C\CCCCC. The lowest BCUT2D eigenvalue weighted by atomic mass is 10.1. The number of unbranched alkanes of at least 4 members (excludes halogenated alkanes) is 16. The molecule has 0 spiro atoms. The first-order chi connectivity index (χ1) is 44.2. The Morgan fingerprint density at radius 1 is 0.319 bits per heavy atom. The number of allylic oxidation sites excluding steroid dienone is 24. The summed E-state index contributed by atoms with van der Waals surface area (Å²) >= 11 is 0. The Hall–Kier alpha value is -4.57. The number of phosphoric acid groups is 2. The highest BCUT2D eigenvalue weighted by Gasteiger charge is 2.29. The summed E-state index contributed by atoms with van der Waals surface area (Å²) in [7, 11) is -9.81. The molecule has 0 aliphatic rings. The molecule has 0 aromatic carbocycles. The number of ether oxygens (including phenoxy) is 3. The van der Waals surface area contributed by atoms with Crippen LogP contribution in [-0.4, -0.2) is 95.9 Å². The molecule has 0 amide bonds. The van der Waals surface area contributed by atoms with E-state index in [0.29, 0.717) is 19.3 Å². The molecule has 0 aliphatic heterocycles. The van der Waals surface area contributed by atoms with Gasteiger partial charge in [0.2, 0.25) is 0 Å². The Kier molecular flexibility index (Phi) is 62.2. The smallest absolute Gasteiger partial charge is 0.463 e. The zero-order valence-corrected chi connectivity index (χ0v) is 57.7. The molecule has 0 bridgehead atoms. The van der Waals surface area contributed by atoms with Crippen LogP contribution in [0.5, 0.6) is 0 Å². The number of hydrogen-bond acceptors (Lipinski definition) is 14. The zero-order valence-electron chi connectivity index (χ0n) is 56.0. The van der Waals surface area contributed by atoms with E-state index in [1.165, 1.54) is 19.3 Å². The van der Waals surface area contributed by atoms with Gasteiger partial charge in [0, 0.05) is 19.3 Å². The average Bonchev–Trinajstić information content (AvgIpc) is 3.09. The third kappa shape index (κ3) is 66.7. The van der Waals surface area contributed by atoms with Gasteiger partial charge in [0.15, 0.2) is 6.10 Å². The third-order valence-electron chi connectivity index (χ3n) is 13.5. The monoisotopic (exact) mass is 1310 g/mol. The van der Waals surface area contributed by atoms with Crippen molar-refractivity contribution in [2.24, 2.45) is 0 Å². The van der Waals surface area contributed by atoms with E-state index in [4.69, 9.17) is 32.3 Å². The molecule has 0 radical (unpaired) electrons. The van der Waals surface area contributed by atoms with Crippen molar-refractivity contribution in [3.8, 4) is 0 Å². The average molecular weight is 1320 g/mol. The molecule has 0 aromatic rings. The number of carbonyl (C=O) groups is 3. The molecule has 518 valence electrons. The first kappa shape index (κ1) is 86.4. The van der Waals surface area contributed by atoms with Crippen LogP contribution < -0.4 is 0 Å². The van der Waals surface area contributed by atoms with E-state index < -0.39 is 91.5 Å². The molecule has 0 saturated heterocycles. The zero-order chi connectivity index (χ0) is 66.7. The van der Waals surface area contributed by atoms with Crippen molar-refractivity contribution in [1.29, 1.82) is 0 Å². The predicted molar refractivity (Wildman–Crippen MR) is 371 cm³/mol. The summed E-state index contributed by atoms with van der Waals surface area (Å²) < 4.78 is 60.8. The second-order valence-electron chi connectivity index (χ2n) is 22.2. The summed E-state index contributed by atoms with van der Waals surface area (Å²) in [6, 6.07) is 0. The summed E-state index contributed by atoms with van der Waals surface area (Å²) in [6.07, 6.45) is 77.5. The van der Waals surface area contributed by atoms with Gasteiger partial charge in [-0.2, -0.15) is 0 Å². The number of phosphoric ester groups is 2. The molecule has 0 aromatic heterocycles. The van der Waals surface area contributed by atoms with E-state index in [2.05, 4.69) is 167 Å². The number of carbonyl (C=O) groups excluding carboxylic acids is 3. The summed E-state index contributed by atoms with van der Waals surface area (Å²) in [5.41, 5.74) is 0. The Bertz CT molecular complexity index is 2240. The quantitative estimate of drug-likeness (QED) is 0.0146. The van der Waals surface area contributed by atoms with E-state index in [1.54, 1.807) is 0 Å². The highest BCUT2D eigenvalue weighted by atomic mass is 31.2. The van der Waals surface area contributed by atoms with Gasteiger partial charge in [-0.15, -0.1) is 0 Å². The van der Waals surface area contributed by atoms with Crippen molar-refractivity contribution in [2.45, 2.75) is 257 Å². The van der Waals surface area contributed by atoms with Crippen LogP contribution in [0.1, 0.15) is 239 Å². The maximum atomic E-state index is 12.9. The minimum Gasteiger partial charge on any atom is -0.463 e. The van der Waals surface area contributed by atoms with Gasteiger partial charge in [0.1, 0.15) is 25.4 Å². The van der Waals surface area contributed by atoms with Gasteiger partial charge in [-0.3, -0.25) is 32.5 Å². The summed E-state index contributed by atoms with van der Waals surface area (Å²) in [4.78, 5) is 58.4. The Balaban J connectivity index is 4.74. The number of aliphatic hydroxyl groups is 2. The topological polar surface area (TPSA) is 231 Å². The fraction of sp³-hybridized carbons (Fsp3) is 0.630. The van der Waals surface area contributed by atoms with Crippen LogP contribution in [0.2, 0.25) is 0 Å². The second kappa shape index (κ2) is 65.5. The number of rotatable bonds is 63. The van der Waals surface area contributed by atoms with Crippen LogP contribution in [0.4, 0.5) is 0 Å². The molecule has 5 unspecified atom stereocenters. The normalized spacial score (nSPS) is 15.1. The maximum absolute atomic E-state index is 12.9. The van der Waals surface area contributed by atoms with Crippen molar-refractivity contribution in [1.82, 2.24) is 0 Å². The van der Waals surface area contributed by atoms with E-state index >= 15 is 0 Å². The third-order valence-corrected chi connectivity index (χ3v) is 15.4. The van der Waals surface area contributed by atoms with Crippen LogP contribution in [0, 0.1) is 0 Å². The minimum absolute atomic E-state index is 0.0755. The van der Waals surface area contributed by atoms with Gasteiger partial charge >= 0.3 is 33.6 Å². The molecular weight excluding hydrogens is 1190 g/mol. The van der Waals surface area contributed by atoms with Crippen molar-refractivity contribution >= 4 is 33.6 Å². The molecule has 16 nitrogen and oxygen atoms in total. The van der Waals surface area contributed by atoms with Gasteiger partial charge in [-0.05, 0) is 141 Å². The lowest BCUT2D eigenvalue weighted by Gasteiger charge is -2.21. The first-order valence-corrected chi connectivity index (χ1v) is 37.1. The molecule has 18 heteroatoms. The predicted octanol–water partition coefficient (Wildman–Crippen LogP) is 19.0. The molecule has 91 heavy (non-hydrogen) atoms. The van der Waals surface area contributed by atoms with Crippen molar-refractivity contribution in [3.63, 3.8) is 0 Å². The van der Waals surface area contributed by atoms with Crippen LogP contribution in [0.3, 0.4) is 0 Å². The number of aliphatic hydroxyl groups excluding tert-OH is 2. The molecule has 0 saturated carbocycles. The van der Waals surface area contributed by atoms with Crippen LogP contribution in [-0.2, 0) is 55.8 Å². The fourth-order valence-electron chi connectivity index (χ4n) is 8.36. The summed E-state index contributed by atoms with van der Waals surface area (Å²) in [5, 5.41) is 20.5. The van der Waals surface area contributed by atoms with E-state index in [1.807, 2.05) is 0 Å². The van der Waals surface area contributed by atoms with Gasteiger partial charge in [-0.1, -0.05) is 224 Å². The lowest BCUT2D eigenvalue weighted by Crippen LogP contribution is -2.30. The molecule has 4 N–H and O–H groups in total. The molecule has 0 fully saturated rings. The standard InChI is InChI=1S/C73H120O16P2/c1-4-7-10-13-16-19-22-25-28-30-32-33-35-37-39-41-44-47-50-53-56-59-71(76)83-62-68(74)63-85-90(79,80)86-64-69(75)65-87-91(81,82)88-67-70(89-73(78)61-58-55-52-49-46-43-38-27-24-21-18-15-12-9-6-3)66-84-72(77)60-57-54-51-48-45-42-40-36-34-31-29-26-23-20-17-14-11-8-5-2/h7-8,10-11,16-21,25-29,32-34,36-39,42,45,68-70,74-75H,4-6,9,12-15,22-24,30-31,35,40-41,43-44,46-67H2,1-3H3,(H,79,80)(H,81,82)/b10-7-,11-8-,19-16-,20-17-,21-18-,28-25-,29-26-,33-32-,36-34-,38-27-,39-37-,45-42-. The Labute approximate surface area is 549 Å². The number of esters is 3. The molecule has 0 aliphatic carbocycles. The maximum Gasteiger partial charge on any atom is 0.472 e. The largest absolute Gasteiger partial charge is 0.472 e. The van der Waals surface area contributed by atoms with E-state index in [0.717, 1.165) is 161 Å². The van der Waals surface area contributed by atoms with Gasteiger partial charge in [0.25, 0.3) is 0 Å². The first-order valence-electron chi connectivity index (χ1n) is 34.1. The second-order valence-corrected chi connectivity index (χ2v) is 25.1. The Morgan fingerprint density at radius 2 is 0.582 bits per heavy atom. The van der Waals surface area contributed by atoms with Crippen LogP contribution in [0.25, 0.3) is 0 Å². The highest BCUT2D eigenvalue weighted by Crippen LogP contribution is 2.45. The van der Waals surface area contributed by atoms with Gasteiger partial charge in [0.05, 0.1) is 26.4 Å². The van der Waals surface area contributed by atoms with Crippen molar-refractivity contribution < 1.29 is 75.8 Å². The minimum atomic E-state index is -4.94. The van der Waals surface area contributed by atoms with Gasteiger partial charge < -0.3 is 34.2 Å². The summed E-state index contributed by atoms with van der Waals surface area (Å²) in [5.74, 6) is -1.66. The van der Waals surface area contributed by atoms with Crippen LogP contribution >= 0.6 is 15.6 Å². The van der Waals surface area contributed by atoms with E-state index in [9.17, 15) is 43.5 Å². The van der Waals surface area contributed by atoms with E-state index in [-0.39, 0.29) is 19.3 Å². The number of hydrogen-bond donors (Lipinski definition) is 4. The Morgan fingerprint density at radius 3 is 0.934 bits per heavy atom. The lowest BCUT2D eigenvalue weighted by molar-refractivity contribution is -0.161. The van der Waals surface area contributed by atoms with Gasteiger partial charge in [-0.25, -0.2) is 9.13 Å². The molecular formula is C73H120O16P2. The fourth-order valence-corrected chi connectivity index (χ4v) is 9.94. The molecule has 0 heterocycles. The van der Waals surface area contributed by atoms with Crippen molar-refractivity contribution in [2.75, 3.05) is 39.6 Å². The van der Waals surface area contributed by atoms with Crippen LogP contribution in [0.15, 0.2) is 146 Å². The molecule has 0 rings (SSSR count). The van der Waals surface area contributed by atoms with Crippen molar-refractivity contribution in [3.05, 3.63) is 146 Å². The highest BCUT2D eigenvalue weighted by molar-refractivity contribution is 7.47. The summed E-state index contributed by atoms with van der Waals surface area (Å²) in [6.45, 7) is 2.31.